The normalized spacial score (nSPS) is 10.6. The van der Waals surface area contributed by atoms with Crippen LogP contribution in [-0.2, 0) is 13.0 Å². The lowest BCUT2D eigenvalue weighted by molar-refractivity contribution is 0.305. The summed E-state index contributed by atoms with van der Waals surface area (Å²) < 4.78 is 5.88. The summed E-state index contributed by atoms with van der Waals surface area (Å²) in [7, 11) is 0. The van der Waals surface area contributed by atoms with Crippen LogP contribution in [-0.4, -0.2) is 0 Å². The number of hydrogen-bond acceptors (Lipinski definition) is 2. The fraction of sp³-hybridized carbons (Fsp3) is 0.0952. The van der Waals surface area contributed by atoms with Crippen LogP contribution in [0.3, 0.4) is 0 Å². The fourth-order valence-corrected chi connectivity index (χ4v) is 3.55. The summed E-state index contributed by atoms with van der Waals surface area (Å²) in [4.78, 5) is 2.23. The molecule has 0 unspecified atom stereocenters. The summed E-state index contributed by atoms with van der Waals surface area (Å²) in [6.07, 6.45) is 0.701. The molecule has 0 N–H and O–H groups in total. The maximum atomic E-state index is 6.27. The Morgan fingerprint density at radius 3 is 2.42 bits per heavy atom. The Morgan fingerprint density at radius 1 is 0.875 bits per heavy atom. The van der Waals surface area contributed by atoms with Gasteiger partial charge in [0.25, 0.3) is 0 Å². The predicted molar refractivity (Wildman–Crippen MR) is 102 cm³/mol. The summed E-state index contributed by atoms with van der Waals surface area (Å²) >= 11 is 7.94. The minimum absolute atomic E-state index is 0.568. The molecule has 0 aromatic heterocycles. The monoisotopic (exact) mass is 353 g/mol. The molecule has 0 aliphatic carbocycles. The second-order valence-electron chi connectivity index (χ2n) is 5.35. The van der Waals surface area contributed by atoms with Gasteiger partial charge in [-0.2, -0.15) is 0 Å². The zero-order valence-corrected chi connectivity index (χ0v) is 14.8. The maximum absolute atomic E-state index is 6.27. The molecule has 0 fully saturated rings. The molecule has 3 aromatic carbocycles. The van der Waals surface area contributed by atoms with Gasteiger partial charge in [-0.3, -0.25) is 0 Å². The van der Waals surface area contributed by atoms with Crippen LogP contribution in [0.1, 0.15) is 11.1 Å². The van der Waals surface area contributed by atoms with Crippen LogP contribution < -0.4 is 4.74 Å². The molecule has 121 valence electrons. The van der Waals surface area contributed by atoms with E-state index in [1.807, 2.05) is 42.5 Å². The molecule has 1 radical (unpaired) electrons. The third kappa shape index (κ3) is 4.56. The van der Waals surface area contributed by atoms with Crippen LogP contribution in [0.2, 0.25) is 5.02 Å². The largest absolute Gasteiger partial charge is 0.489 e. The first-order valence-electron chi connectivity index (χ1n) is 7.77. The first-order valence-corrected chi connectivity index (χ1v) is 8.96. The molecular formula is C21H18ClOS. The molecular weight excluding hydrogens is 336 g/mol. The van der Waals surface area contributed by atoms with E-state index in [-0.39, 0.29) is 0 Å². The van der Waals surface area contributed by atoms with Gasteiger partial charge in [0.2, 0.25) is 0 Å². The standard InChI is InChI=1S/C21H18ClOS/c1-2-17-11-12-20(14-21(17)22)24-19-10-6-9-18(13-19)23-15-16-7-4-3-5-8-16/h3-14H,1-2,15H2. The second-order valence-corrected chi connectivity index (χ2v) is 6.91. The fourth-order valence-electron chi connectivity index (χ4n) is 2.30. The molecule has 0 amide bonds. The van der Waals surface area contributed by atoms with Crippen molar-refractivity contribution in [3.8, 4) is 5.75 Å². The van der Waals surface area contributed by atoms with Crippen LogP contribution >= 0.6 is 23.4 Å². The lowest BCUT2D eigenvalue weighted by Gasteiger charge is -2.09. The molecule has 24 heavy (non-hydrogen) atoms. The van der Waals surface area contributed by atoms with E-state index in [0.717, 1.165) is 31.7 Å². The van der Waals surface area contributed by atoms with Gasteiger partial charge >= 0.3 is 0 Å². The molecule has 3 rings (SSSR count). The number of ether oxygens (including phenoxy) is 1. The highest BCUT2D eigenvalue weighted by Gasteiger charge is 2.04. The van der Waals surface area contributed by atoms with Gasteiger partial charge in [0.15, 0.2) is 0 Å². The van der Waals surface area contributed by atoms with Gasteiger partial charge in [-0.15, -0.1) is 0 Å². The van der Waals surface area contributed by atoms with Crippen molar-refractivity contribution in [1.82, 2.24) is 0 Å². The average molecular weight is 354 g/mol. The summed E-state index contributed by atoms with van der Waals surface area (Å²) in [5.74, 6) is 0.865. The van der Waals surface area contributed by atoms with Gasteiger partial charge < -0.3 is 4.74 Å². The highest BCUT2D eigenvalue weighted by atomic mass is 35.5. The van der Waals surface area contributed by atoms with Crippen molar-refractivity contribution in [3.05, 3.63) is 95.9 Å². The van der Waals surface area contributed by atoms with Crippen molar-refractivity contribution in [1.29, 1.82) is 0 Å². The van der Waals surface area contributed by atoms with E-state index in [1.165, 1.54) is 0 Å². The molecule has 0 heterocycles. The van der Waals surface area contributed by atoms with Gasteiger partial charge in [0.1, 0.15) is 12.4 Å². The molecule has 3 aromatic rings. The minimum Gasteiger partial charge on any atom is -0.489 e. The Balaban J connectivity index is 1.67. The van der Waals surface area contributed by atoms with E-state index in [1.54, 1.807) is 11.8 Å². The number of rotatable bonds is 6. The van der Waals surface area contributed by atoms with Crippen molar-refractivity contribution >= 4 is 23.4 Å². The van der Waals surface area contributed by atoms with Crippen LogP contribution in [0, 0.1) is 6.92 Å². The number of hydrogen-bond donors (Lipinski definition) is 0. The lowest BCUT2D eigenvalue weighted by atomic mass is 10.2. The SMILES string of the molecule is [CH2]Cc1ccc(Sc2cccc(OCc3ccccc3)c2)cc1Cl. The number of halogens is 1. The van der Waals surface area contributed by atoms with Gasteiger partial charge in [-0.25, -0.2) is 0 Å². The van der Waals surface area contributed by atoms with E-state index in [0.29, 0.717) is 13.0 Å². The van der Waals surface area contributed by atoms with Crippen LogP contribution in [0.15, 0.2) is 82.6 Å². The van der Waals surface area contributed by atoms with E-state index in [9.17, 15) is 0 Å². The molecule has 0 spiro atoms. The quantitative estimate of drug-likeness (QED) is 0.503. The third-order valence-electron chi connectivity index (χ3n) is 3.58. The van der Waals surface area contributed by atoms with Crippen molar-refractivity contribution in [2.75, 3.05) is 0 Å². The first kappa shape index (κ1) is 16.9. The lowest BCUT2D eigenvalue weighted by Crippen LogP contribution is -1.94. The van der Waals surface area contributed by atoms with Gasteiger partial charge in [0, 0.05) is 14.8 Å². The van der Waals surface area contributed by atoms with E-state index >= 15 is 0 Å². The van der Waals surface area contributed by atoms with Gasteiger partial charge in [0.05, 0.1) is 0 Å². The molecule has 0 saturated carbocycles. The Bertz CT molecular complexity index is 802. The van der Waals surface area contributed by atoms with Gasteiger partial charge in [-0.1, -0.05) is 65.8 Å². The Kier molecular flexibility index (Phi) is 5.84. The summed E-state index contributed by atoms with van der Waals surface area (Å²) in [6.45, 7) is 4.45. The molecule has 0 saturated heterocycles. The van der Waals surface area contributed by atoms with E-state index in [4.69, 9.17) is 16.3 Å². The Labute approximate surface area is 152 Å². The van der Waals surface area contributed by atoms with Crippen molar-refractivity contribution < 1.29 is 4.74 Å². The zero-order valence-electron chi connectivity index (χ0n) is 13.2. The van der Waals surface area contributed by atoms with Crippen LogP contribution in [0.5, 0.6) is 5.75 Å². The number of benzene rings is 3. The summed E-state index contributed by atoms with van der Waals surface area (Å²) in [5, 5.41) is 0.770. The molecule has 0 aliphatic rings. The average Bonchev–Trinajstić information content (AvgIpc) is 2.61. The Hall–Kier alpha value is -1.90. The van der Waals surface area contributed by atoms with Crippen LogP contribution in [0.4, 0.5) is 0 Å². The molecule has 0 atom stereocenters. The Morgan fingerprint density at radius 2 is 1.67 bits per heavy atom. The highest BCUT2D eigenvalue weighted by Crippen LogP contribution is 2.32. The van der Waals surface area contributed by atoms with E-state index < -0.39 is 0 Å². The topological polar surface area (TPSA) is 9.23 Å². The van der Waals surface area contributed by atoms with Crippen molar-refractivity contribution in [2.24, 2.45) is 0 Å². The summed E-state index contributed by atoms with van der Waals surface area (Å²) in [5.41, 5.74) is 2.23. The maximum Gasteiger partial charge on any atom is 0.120 e. The smallest absolute Gasteiger partial charge is 0.120 e. The zero-order chi connectivity index (χ0) is 16.8. The van der Waals surface area contributed by atoms with Crippen molar-refractivity contribution in [2.45, 2.75) is 22.8 Å². The minimum atomic E-state index is 0.568. The molecule has 0 aliphatic heterocycles. The molecule has 0 bridgehead atoms. The van der Waals surface area contributed by atoms with Gasteiger partial charge in [-0.05, 0) is 54.8 Å². The van der Waals surface area contributed by atoms with E-state index in [2.05, 4.69) is 37.3 Å². The third-order valence-corrected chi connectivity index (χ3v) is 4.91. The summed E-state index contributed by atoms with van der Waals surface area (Å²) in [6, 6.07) is 24.4. The van der Waals surface area contributed by atoms with Crippen LogP contribution in [0.25, 0.3) is 0 Å². The second kappa shape index (κ2) is 8.27. The first-order chi connectivity index (χ1) is 11.7. The molecule has 3 heteroatoms. The molecule has 1 nitrogen and oxygen atoms in total. The predicted octanol–water partition coefficient (Wildman–Crippen LogP) is 6.45. The van der Waals surface area contributed by atoms with Crippen molar-refractivity contribution in [3.63, 3.8) is 0 Å². The highest BCUT2D eigenvalue weighted by molar-refractivity contribution is 7.99.